The maximum Gasteiger partial charge on any atom is 0.329 e. The maximum absolute atomic E-state index is 11.6. The van der Waals surface area contributed by atoms with E-state index < -0.39 is 5.97 Å². The molecule has 0 aliphatic heterocycles. The number of carbonyl (C=O) groups is 1. The summed E-state index contributed by atoms with van der Waals surface area (Å²) in [6.07, 6.45) is 4.30. The summed E-state index contributed by atoms with van der Waals surface area (Å²) < 4.78 is 10.8. The van der Waals surface area contributed by atoms with Gasteiger partial charge in [0.2, 0.25) is 11.1 Å². The van der Waals surface area contributed by atoms with E-state index in [-0.39, 0.29) is 12.5 Å². The molecule has 1 heterocycles. The number of fused-ring (bicyclic) bond motifs is 1. The minimum atomic E-state index is -0.509. The molecule has 0 saturated carbocycles. The Labute approximate surface area is 167 Å². The van der Waals surface area contributed by atoms with Crippen LogP contribution in [0.3, 0.4) is 0 Å². The van der Waals surface area contributed by atoms with E-state index >= 15 is 0 Å². The summed E-state index contributed by atoms with van der Waals surface area (Å²) in [5, 5.41) is 1.79. The molecule has 3 rings (SSSR count). The van der Waals surface area contributed by atoms with E-state index in [1.54, 1.807) is 26.4 Å². The highest BCUT2D eigenvalue weighted by atomic mass is 32.1. The molecule has 0 bridgehead atoms. The number of nitrogens with zero attached hydrogens (tertiary/aromatic N) is 3. The molecule has 150 valence electrons. The predicted molar refractivity (Wildman–Crippen MR) is 107 cm³/mol. The molecule has 0 atom stereocenters. The van der Waals surface area contributed by atoms with Crippen molar-refractivity contribution in [3.63, 3.8) is 0 Å². The van der Waals surface area contributed by atoms with Crippen LogP contribution in [0.25, 0.3) is 0 Å². The zero-order valence-corrected chi connectivity index (χ0v) is 17.0. The lowest BCUT2D eigenvalue weighted by molar-refractivity contribution is -0.172. The van der Waals surface area contributed by atoms with Gasteiger partial charge in [-0.2, -0.15) is 10.1 Å². The third-order valence-electron chi connectivity index (χ3n) is 4.37. The Morgan fingerprint density at radius 1 is 1.25 bits per heavy atom. The zero-order chi connectivity index (χ0) is 20.1. The van der Waals surface area contributed by atoms with Crippen LogP contribution in [-0.4, -0.2) is 36.2 Å². The fraction of sp³-hybridized carbons (Fsp3) is 0.421. The summed E-state index contributed by atoms with van der Waals surface area (Å²) in [7, 11) is 3.12. The first-order valence-corrected chi connectivity index (χ1v) is 9.82. The Hall–Kier alpha value is -2.81. The highest BCUT2D eigenvalue weighted by molar-refractivity contribution is 7.15. The molecule has 1 aliphatic carbocycles. The van der Waals surface area contributed by atoms with Crippen LogP contribution < -0.4 is 15.2 Å². The number of aliphatic imine (C=N–C) groups is 1. The minimum absolute atomic E-state index is 0.0363. The van der Waals surface area contributed by atoms with Crippen LogP contribution in [0.15, 0.2) is 23.2 Å². The SMILES string of the molecule is COc1cccc(OC)c1CN(OC(C)=O)/C(N)=N/c1nc2c(s1)CCCC2. The molecular weight excluding hydrogens is 380 g/mol. The molecule has 0 saturated heterocycles. The van der Waals surface area contributed by atoms with Gasteiger partial charge in [-0.25, -0.2) is 4.98 Å². The second-order valence-corrected chi connectivity index (χ2v) is 7.37. The predicted octanol–water partition coefficient (Wildman–Crippen LogP) is 2.97. The van der Waals surface area contributed by atoms with Gasteiger partial charge >= 0.3 is 5.97 Å². The van der Waals surface area contributed by atoms with Crippen molar-refractivity contribution in [2.75, 3.05) is 14.2 Å². The van der Waals surface area contributed by atoms with E-state index in [1.165, 1.54) is 34.6 Å². The van der Waals surface area contributed by atoms with Crippen molar-refractivity contribution in [3.05, 3.63) is 34.3 Å². The summed E-state index contributed by atoms with van der Waals surface area (Å²) in [5.74, 6) is 0.711. The highest BCUT2D eigenvalue weighted by Gasteiger charge is 2.21. The summed E-state index contributed by atoms with van der Waals surface area (Å²) in [4.78, 5) is 27.1. The first-order chi connectivity index (χ1) is 13.5. The molecular formula is C19H24N4O4S. The van der Waals surface area contributed by atoms with Gasteiger partial charge in [-0.1, -0.05) is 17.4 Å². The quantitative estimate of drug-likeness (QED) is 0.465. The van der Waals surface area contributed by atoms with Crippen LogP contribution in [0.4, 0.5) is 5.13 Å². The highest BCUT2D eigenvalue weighted by Crippen LogP contribution is 2.32. The standard InChI is InChI=1S/C19H24N4O4S/c1-12(24)27-23(11-13-15(25-2)8-6-9-16(13)26-3)18(20)22-19-21-14-7-4-5-10-17(14)28-19/h6,8-9H,4-5,7,10-11H2,1-3H3,(H2,20,21,22). The number of methoxy groups -OCH3 is 2. The number of aryl methyl sites for hydroxylation is 2. The van der Waals surface area contributed by atoms with Crippen molar-refractivity contribution in [1.82, 2.24) is 10.0 Å². The normalized spacial score (nSPS) is 13.6. The monoisotopic (exact) mass is 404 g/mol. The van der Waals surface area contributed by atoms with Gasteiger partial charge in [0.1, 0.15) is 11.5 Å². The number of benzene rings is 1. The summed E-state index contributed by atoms with van der Waals surface area (Å²) in [5.41, 5.74) is 7.95. The summed E-state index contributed by atoms with van der Waals surface area (Å²) in [6, 6.07) is 5.41. The van der Waals surface area contributed by atoms with E-state index in [0.29, 0.717) is 22.2 Å². The number of guanidine groups is 1. The fourth-order valence-corrected chi connectivity index (χ4v) is 4.11. The maximum atomic E-state index is 11.6. The molecule has 0 unspecified atom stereocenters. The van der Waals surface area contributed by atoms with E-state index in [9.17, 15) is 4.79 Å². The molecule has 2 aromatic rings. The number of hydroxylamine groups is 2. The van der Waals surface area contributed by atoms with Gasteiger partial charge in [0.15, 0.2) is 0 Å². The van der Waals surface area contributed by atoms with E-state index in [1.807, 2.05) is 6.07 Å². The Balaban J connectivity index is 1.90. The third-order valence-corrected chi connectivity index (χ3v) is 5.42. The Kier molecular flexibility index (Phi) is 6.35. The number of rotatable bonds is 5. The van der Waals surface area contributed by atoms with E-state index in [2.05, 4.69) is 9.98 Å². The first kappa shape index (κ1) is 19.9. The summed E-state index contributed by atoms with van der Waals surface area (Å²) in [6.45, 7) is 1.43. The molecule has 8 nitrogen and oxygen atoms in total. The van der Waals surface area contributed by atoms with Gasteiger partial charge in [-0.3, -0.25) is 4.79 Å². The largest absolute Gasteiger partial charge is 0.496 e. The Morgan fingerprint density at radius 2 is 1.93 bits per heavy atom. The minimum Gasteiger partial charge on any atom is -0.496 e. The van der Waals surface area contributed by atoms with Gasteiger partial charge in [0.25, 0.3) is 0 Å². The summed E-state index contributed by atoms with van der Waals surface area (Å²) >= 11 is 1.53. The van der Waals surface area contributed by atoms with Crippen LogP contribution in [0, 0.1) is 0 Å². The van der Waals surface area contributed by atoms with Crippen LogP contribution in [0.1, 0.15) is 35.9 Å². The lowest BCUT2D eigenvalue weighted by Gasteiger charge is -2.23. The van der Waals surface area contributed by atoms with E-state index in [4.69, 9.17) is 20.0 Å². The van der Waals surface area contributed by atoms with Crippen molar-refractivity contribution in [2.24, 2.45) is 10.7 Å². The lowest BCUT2D eigenvalue weighted by Crippen LogP contribution is -2.38. The Bertz CT molecular complexity index is 835. The van der Waals surface area contributed by atoms with Gasteiger partial charge in [-0.05, 0) is 37.8 Å². The molecule has 2 N–H and O–H groups in total. The molecule has 0 fully saturated rings. The molecule has 0 radical (unpaired) electrons. The average Bonchev–Trinajstić information content (AvgIpc) is 3.09. The molecule has 1 aliphatic rings. The topological polar surface area (TPSA) is 99.3 Å². The van der Waals surface area contributed by atoms with Gasteiger partial charge in [0, 0.05) is 11.8 Å². The van der Waals surface area contributed by atoms with Crippen molar-refractivity contribution < 1.29 is 19.1 Å². The number of thiazole rings is 1. The molecule has 0 spiro atoms. The number of hydrogen-bond acceptors (Lipinski definition) is 7. The molecule has 1 aromatic carbocycles. The van der Waals surface area contributed by atoms with Crippen LogP contribution in [-0.2, 0) is 29.0 Å². The fourth-order valence-electron chi connectivity index (χ4n) is 3.08. The van der Waals surface area contributed by atoms with Crippen molar-refractivity contribution >= 4 is 28.4 Å². The van der Waals surface area contributed by atoms with Crippen LogP contribution in [0.2, 0.25) is 0 Å². The first-order valence-electron chi connectivity index (χ1n) is 9.00. The van der Waals surface area contributed by atoms with Gasteiger partial charge in [0.05, 0.1) is 32.0 Å². The van der Waals surface area contributed by atoms with Gasteiger partial charge in [-0.15, -0.1) is 0 Å². The number of ether oxygens (including phenoxy) is 2. The van der Waals surface area contributed by atoms with Gasteiger partial charge < -0.3 is 20.0 Å². The van der Waals surface area contributed by atoms with Crippen molar-refractivity contribution in [2.45, 2.75) is 39.2 Å². The smallest absolute Gasteiger partial charge is 0.329 e. The molecule has 1 aromatic heterocycles. The lowest BCUT2D eigenvalue weighted by atomic mass is 10.0. The number of nitrogens with two attached hydrogens (primary N) is 1. The molecule has 9 heteroatoms. The number of aromatic nitrogens is 1. The van der Waals surface area contributed by atoms with Crippen molar-refractivity contribution in [3.8, 4) is 11.5 Å². The van der Waals surface area contributed by atoms with Crippen LogP contribution in [0.5, 0.6) is 11.5 Å². The second-order valence-electron chi connectivity index (χ2n) is 6.30. The van der Waals surface area contributed by atoms with Crippen molar-refractivity contribution in [1.29, 1.82) is 0 Å². The van der Waals surface area contributed by atoms with Crippen LogP contribution >= 0.6 is 11.3 Å². The third kappa shape index (κ3) is 4.53. The number of carbonyl (C=O) groups excluding carboxylic acids is 1. The van der Waals surface area contributed by atoms with E-state index in [0.717, 1.165) is 25.0 Å². The average molecular weight is 404 g/mol. The number of hydrogen-bond donors (Lipinski definition) is 1. The molecule has 0 amide bonds. The Morgan fingerprint density at radius 3 is 2.54 bits per heavy atom. The second kappa shape index (κ2) is 8.92. The molecule has 28 heavy (non-hydrogen) atoms. The zero-order valence-electron chi connectivity index (χ0n) is 16.2.